The van der Waals surface area contributed by atoms with Crippen LogP contribution in [0.5, 0.6) is 0 Å². The molecule has 2 rings (SSSR count). The smallest absolute Gasteiger partial charge is 0.303 e. The van der Waals surface area contributed by atoms with Crippen LogP contribution in [0.25, 0.3) is 0 Å². The summed E-state index contributed by atoms with van der Waals surface area (Å²) in [4.78, 5) is 47.5. The van der Waals surface area contributed by atoms with Gasteiger partial charge in [0.1, 0.15) is 18.1 Å². The highest BCUT2D eigenvalue weighted by atomic mass is 32.2. The molecule has 2 unspecified atom stereocenters. The summed E-state index contributed by atoms with van der Waals surface area (Å²) in [5.41, 5.74) is 0.231. The van der Waals surface area contributed by atoms with Crippen LogP contribution in [0.4, 0.5) is 0 Å². The fourth-order valence-corrected chi connectivity index (χ4v) is 4.14. The topological polar surface area (TPSA) is 114 Å². The molecule has 1 saturated heterocycles. The zero-order valence-electron chi connectivity index (χ0n) is 18.0. The predicted octanol–water partition coefficient (Wildman–Crippen LogP) is 2.17. The molecule has 1 heterocycles. The van der Waals surface area contributed by atoms with Crippen LogP contribution in [-0.2, 0) is 42.9 Å². The second-order valence-electron chi connectivity index (χ2n) is 7.00. The summed E-state index contributed by atoms with van der Waals surface area (Å²) >= 11 is 1.24. The minimum atomic E-state index is -1.16. The van der Waals surface area contributed by atoms with Crippen molar-refractivity contribution in [2.75, 3.05) is 6.61 Å². The molecule has 0 N–H and O–H groups in total. The number of thioether (sulfide) groups is 1. The van der Waals surface area contributed by atoms with Crippen LogP contribution < -0.4 is 0 Å². The van der Waals surface area contributed by atoms with Crippen molar-refractivity contribution in [2.45, 2.75) is 69.4 Å². The highest BCUT2D eigenvalue weighted by molar-refractivity contribution is 7.99. The van der Waals surface area contributed by atoms with Gasteiger partial charge in [-0.2, -0.15) is 0 Å². The van der Waals surface area contributed by atoms with Crippen molar-refractivity contribution in [2.24, 2.45) is 0 Å². The molecule has 1 aliphatic heterocycles. The molecule has 0 bridgehead atoms. The number of aryl methyl sites for hydroxylation is 1. The van der Waals surface area contributed by atoms with E-state index in [9.17, 15) is 19.2 Å². The summed E-state index contributed by atoms with van der Waals surface area (Å²) in [6.07, 6.45) is -4.35. The van der Waals surface area contributed by atoms with E-state index in [0.29, 0.717) is 0 Å². The van der Waals surface area contributed by atoms with Crippen LogP contribution in [0, 0.1) is 6.92 Å². The van der Waals surface area contributed by atoms with Crippen molar-refractivity contribution in [3.63, 3.8) is 0 Å². The van der Waals surface area contributed by atoms with Crippen LogP contribution >= 0.6 is 11.8 Å². The number of benzene rings is 1. The molecule has 0 spiro atoms. The molecule has 9 nitrogen and oxygen atoms in total. The van der Waals surface area contributed by atoms with Crippen LogP contribution in [0.3, 0.4) is 0 Å². The van der Waals surface area contributed by atoms with Gasteiger partial charge >= 0.3 is 23.9 Å². The van der Waals surface area contributed by atoms with Gasteiger partial charge in [0, 0.05) is 32.6 Å². The lowest BCUT2D eigenvalue weighted by atomic mass is 9.99. The SMILES string of the molecule is CC(=O)OCC1O[C@@H](Sc2ccc(C)cc2)[C@H](OC(C)=O)C(OC(C)=O)[C@H]1OC(C)=O. The van der Waals surface area contributed by atoms with Gasteiger partial charge in [-0.15, -0.1) is 0 Å². The summed E-state index contributed by atoms with van der Waals surface area (Å²) in [5.74, 6) is -2.50. The van der Waals surface area contributed by atoms with Gasteiger partial charge < -0.3 is 23.7 Å². The molecule has 0 saturated carbocycles. The zero-order valence-corrected chi connectivity index (χ0v) is 18.8. The third-order valence-electron chi connectivity index (χ3n) is 4.22. The van der Waals surface area contributed by atoms with Gasteiger partial charge in [0.2, 0.25) is 0 Å². The van der Waals surface area contributed by atoms with Crippen molar-refractivity contribution in [3.8, 4) is 0 Å². The number of esters is 4. The third-order valence-corrected chi connectivity index (χ3v) is 5.38. The highest BCUT2D eigenvalue weighted by Crippen LogP contribution is 2.37. The van der Waals surface area contributed by atoms with Gasteiger partial charge in [-0.25, -0.2) is 0 Å². The van der Waals surface area contributed by atoms with E-state index < -0.39 is 53.7 Å². The molecule has 5 atom stereocenters. The van der Waals surface area contributed by atoms with E-state index in [1.54, 1.807) is 0 Å². The first-order valence-electron chi connectivity index (χ1n) is 9.60. The largest absolute Gasteiger partial charge is 0.463 e. The molecule has 0 aliphatic carbocycles. The lowest BCUT2D eigenvalue weighted by Gasteiger charge is -2.44. The molecule has 1 fully saturated rings. The minimum absolute atomic E-state index is 0.247. The molecule has 31 heavy (non-hydrogen) atoms. The first-order valence-corrected chi connectivity index (χ1v) is 10.5. The number of carbonyl (C=O) groups excluding carboxylic acids is 4. The van der Waals surface area contributed by atoms with E-state index in [-0.39, 0.29) is 6.61 Å². The Bertz CT molecular complexity index is 808. The first kappa shape index (κ1) is 24.7. The number of hydrogen-bond acceptors (Lipinski definition) is 10. The van der Waals surface area contributed by atoms with Crippen molar-refractivity contribution in [1.82, 2.24) is 0 Å². The molecule has 170 valence electrons. The standard InChI is InChI=1S/C21H26O9S/c1-11-6-8-16(9-7-11)31-21-20(29-15(5)25)19(28-14(4)24)18(27-13(3)23)17(30-21)10-26-12(2)22/h6-9,17-21H,10H2,1-5H3/t17?,18-,19?,20+,21-/m0/s1. The van der Waals surface area contributed by atoms with Gasteiger partial charge in [0.05, 0.1) is 0 Å². The molecule has 1 aromatic carbocycles. The van der Waals surface area contributed by atoms with Gasteiger partial charge in [-0.3, -0.25) is 19.2 Å². The van der Waals surface area contributed by atoms with Crippen LogP contribution in [-0.4, -0.2) is 60.3 Å². The van der Waals surface area contributed by atoms with Gasteiger partial charge in [-0.05, 0) is 19.1 Å². The summed E-state index contributed by atoms with van der Waals surface area (Å²) in [6, 6.07) is 7.56. The van der Waals surface area contributed by atoms with Crippen LogP contribution in [0.1, 0.15) is 33.3 Å². The minimum Gasteiger partial charge on any atom is -0.463 e. The van der Waals surface area contributed by atoms with Crippen molar-refractivity contribution in [3.05, 3.63) is 29.8 Å². The molecule has 0 amide bonds. The van der Waals surface area contributed by atoms with Crippen LogP contribution in [0.15, 0.2) is 29.2 Å². The Labute approximate surface area is 184 Å². The molecule has 0 radical (unpaired) electrons. The quantitative estimate of drug-likeness (QED) is 0.448. The van der Waals surface area contributed by atoms with Gasteiger partial charge in [0.25, 0.3) is 0 Å². The average molecular weight is 454 g/mol. The molecule has 1 aromatic rings. The predicted molar refractivity (Wildman–Crippen MR) is 109 cm³/mol. The highest BCUT2D eigenvalue weighted by Gasteiger charge is 2.52. The second-order valence-corrected chi connectivity index (χ2v) is 8.17. The third kappa shape index (κ3) is 7.55. The molecule has 1 aliphatic rings. The summed E-state index contributed by atoms with van der Waals surface area (Å²) in [5, 5.41) is 0. The second kappa shape index (κ2) is 11.1. The number of carbonyl (C=O) groups is 4. The Morgan fingerprint density at radius 3 is 1.84 bits per heavy atom. The van der Waals surface area contributed by atoms with Crippen molar-refractivity contribution >= 4 is 35.6 Å². The van der Waals surface area contributed by atoms with E-state index >= 15 is 0 Å². The first-order chi connectivity index (χ1) is 14.6. The van der Waals surface area contributed by atoms with Crippen LogP contribution in [0.2, 0.25) is 0 Å². The van der Waals surface area contributed by atoms with Gasteiger partial charge in [0.15, 0.2) is 18.3 Å². The zero-order chi connectivity index (χ0) is 23.1. The fourth-order valence-electron chi connectivity index (χ4n) is 3.03. The fraction of sp³-hybridized carbons (Fsp3) is 0.524. The Balaban J connectivity index is 2.43. The number of hydrogen-bond donors (Lipinski definition) is 0. The van der Waals surface area contributed by atoms with Gasteiger partial charge in [-0.1, -0.05) is 29.5 Å². The Morgan fingerprint density at radius 2 is 1.32 bits per heavy atom. The maximum Gasteiger partial charge on any atom is 0.303 e. The number of rotatable bonds is 7. The van der Waals surface area contributed by atoms with Crippen molar-refractivity contribution < 1.29 is 42.9 Å². The van der Waals surface area contributed by atoms with E-state index in [1.165, 1.54) is 39.5 Å². The lowest BCUT2D eigenvalue weighted by Crippen LogP contribution is -2.61. The van der Waals surface area contributed by atoms with Crippen molar-refractivity contribution in [1.29, 1.82) is 0 Å². The van der Waals surface area contributed by atoms with E-state index in [2.05, 4.69) is 0 Å². The van der Waals surface area contributed by atoms with E-state index in [4.69, 9.17) is 23.7 Å². The monoisotopic (exact) mass is 454 g/mol. The summed E-state index contributed by atoms with van der Waals surface area (Å²) in [7, 11) is 0. The summed E-state index contributed by atoms with van der Waals surface area (Å²) in [6.45, 7) is 6.51. The average Bonchev–Trinajstić information content (AvgIpc) is 2.65. The Morgan fingerprint density at radius 1 is 0.806 bits per heavy atom. The van der Waals surface area contributed by atoms with E-state index in [1.807, 2.05) is 31.2 Å². The maximum atomic E-state index is 11.8. The molecular weight excluding hydrogens is 428 g/mol. The molecule has 0 aromatic heterocycles. The molecule has 10 heteroatoms. The normalized spacial score (nSPS) is 25.3. The Kier molecular flexibility index (Phi) is 8.88. The Hall–Kier alpha value is -2.59. The number of ether oxygens (including phenoxy) is 5. The lowest BCUT2D eigenvalue weighted by molar-refractivity contribution is -0.237. The van der Waals surface area contributed by atoms with E-state index in [0.717, 1.165) is 10.5 Å². The maximum absolute atomic E-state index is 11.8. The molecular formula is C21H26O9S. The summed E-state index contributed by atoms with van der Waals surface area (Å²) < 4.78 is 27.3.